The van der Waals surface area contributed by atoms with Crippen LogP contribution in [0.25, 0.3) is 72.1 Å². The van der Waals surface area contributed by atoms with Crippen LogP contribution in [0.5, 0.6) is 5.75 Å². The molecule has 0 radical (unpaired) electrons. The van der Waals surface area contributed by atoms with Gasteiger partial charge in [-0.25, -0.2) is 0 Å². The Morgan fingerprint density at radius 3 is 2.35 bits per heavy atom. The van der Waals surface area contributed by atoms with E-state index in [1.54, 1.807) is 0 Å². The van der Waals surface area contributed by atoms with Crippen molar-refractivity contribution >= 4 is 72.1 Å². The second-order valence-electron chi connectivity index (χ2n) is 11.9. The lowest BCUT2D eigenvalue weighted by Crippen LogP contribution is -2.00. The van der Waals surface area contributed by atoms with E-state index >= 15 is 0 Å². The van der Waals surface area contributed by atoms with Crippen LogP contribution >= 0.6 is 0 Å². The van der Waals surface area contributed by atoms with Crippen molar-refractivity contribution in [3.63, 3.8) is 0 Å². The number of aryl methyl sites for hydroxylation is 3. The van der Waals surface area contributed by atoms with Gasteiger partial charge in [-0.1, -0.05) is 106 Å². The molecule has 0 unspecified atom stereocenters. The molecule has 7 rings (SSSR count). The van der Waals surface area contributed by atoms with Crippen LogP contribution in [-0.2, 0) is 12.8 Å². The average molecular weight is 599 g/mol. The van der Waals surface area contributed by atoms with Crippen LogP contribution in [0.1, 0.15) is 74.4 Å². The van der Waals surface area contributed by atoms with Crippen molar-refractivity contribution in [1.29, 1.82) is 0 Å². The van der Waals surface area contributed by atoms with Gasteiger partial charge >= 0.3 is 0 Å². The third-order valence-corrected chi connectivity index (χ3v) is 9.39. The molecule has 0 amide bonds. The highest BCUT2D eigenvalue weighted by atomic mass is 16.3. The first-order valence-electron chi connectivity index (χ1n) is 16.7. The lowest BCUT2D eigenvalue weighted by atomic mass is 9.91. The Morgan fingerprint density at radius 2 is 1.61 bits per heavy atom. The molecule has 6 aromatic carbocycles. The fraction of sp³-hybridized carbons (Fsp3) is 0.200. The summed E-state index contributed by atoms with van der Waals surface area (Å²) in [5.74, 6) is 3.30. The zero-order valence-electron chi connectivity index (χ0n) is 27.9. The van der Waals surface area contributed by atoms with Gasteiger partial charge in [-0.3, -0.25) is 0 Å². The predicted octanol–water partition coefficient (Wildman–Crippen LogP) is 11.7. The molecule has 0 atom stereocenters. The topological polar surface area (TPSA) is 20.2 Å². The molecule has 0 fully saturated rings. The highest BCUT2D eigenvalue weighted by molar-refractivity contribution is 6.36. The normalized spacial score (nSPS) is 13.3. The van der Waals surface area contributed by atoms with Crippen LogP contribution in [0, 0.1) is 19.3 Å². The lowest BCUT2D eigenvalue weighted by molar-refractivity contribution is 0.488. The van der Waals surface area contributed by atoms with Crippen molar-refractivity contribution in [3.8, 4) is 18.1 Å². The molecule has 0 spiro atoms. The minimum absolute atomic E-state index is 0.337. The number of phenolic OH excluding ortho intramolecular Hbond substituents is 1. The minimum atomic E-state index is 0.337. The minimum Gasteiger partial charge on any atom is -0.507 e. The molecule has 1 heteroatoms. The quantitative estimate of drug-likeness (QED) is 0.201. The molecule has 46 heavy (non-hydrogen) atoms. The molecule has 228 valence electrons. The standard InChI is InChI=1S/C43H36O.C2H6/c1-6-10-15-28-21-20-27-16-11-12-17-29(27)22-26(5)35-24-37-32(9-4)41-34-19-13-18-33-31(8-3)30(14-7-2)23-39(40(33)34)42(41)43(44)38(37)25-36(28)35;1-2/h3,6-7,10-11,13-16,18-25,44H,9,12,17H2,1-2,4-5H3;1-2H3/b10-6-,14-7-,21-20?,26-22?,28-15+;. The number of terminal acetylenes is 1. The Balaban J connectivity index is 0.00000182. The number of benzene rings is 4. The van der Waals surface area contributed by atoms with Gasteiger partial charge in [0.05, 0.1) is 0 Å². The summed E-state index contributed by atoms with van der Waals surface area (Å²) < 4.78 is 0. The second kappa shape index (κ2) is 12.7. The van der Waals surface area contributed by atoms with E-state index in [9.17, 15) is 5.11 Å². The highest BCUT2D eigenvalue weighted by Gasteiger charge is 2.23. The fourth-order valence-electron chi connectivity index (χ4n) is 7.43. The fourth-order valence-corrected chi connectivity index (χ4v) is 7.43. The molecule has 0 bridgehead atoms. The van der Waals surface area contributed by atoms with E-state index in [4.69, 9.17) is 6.42 Å². The van der Waals surface area contributed by atoms with Crippen molar-refractivity contribution in [2.75, 3.05) is 0 Å². The molecule has 0 saturated heterocycles. The monoisotopic (exact) mass is 598 g/mol. The zero-order chi connectivity index (χ0) is 32.5. The van der Waals surface area contributed by atoms with E-state index < -0.39 is 0 Å². The van der Waals surface area contributed by atoms with E-state index in [1.165, 1.54) is 27.6 Å². The molecule has 1 aliphatic carbocycles. The van der Waals surface area contributed by atoms with Gasteiger partial charge in [-0.05, 0) is 134 Å². The van der Waals surface area contributed by atoms with E-state index in [2.05, 4.69) is 111 Å². The number of hydrogen-bond donors (Lipinski definition) is 1. The maximum Gasteiger partial charge on any atom is 0.131 e. The average Bonchev–Trinajstić information content (AvgIpc) is 3.43. The van der Waals surface area contributed by atoms with Crippen LogP contribution < -0.4 is 5.22 Å². The molecule has 1 nitrogen and oxygen atoms in total. The smallest absolute Gasteiger partial charge is 0.131 e. The summed E-state index contributed by atoms with van der Waals surface area (Å²) in [6, 6.07) is 20.0. The summed E-state index contributed by atoms with van der Waals surface area (Å²) in [7, 11) is 0. The molecule has 1 aliphatic rings. The Bertz CT molecular complexity index is 2410. The SMILES string of the molecule is C#Cc1c(/C=C\C)cc2c3c(O)c4cc5/c(=C/C=C\C)ccc6c(cc(C)c5cc4c(CC)c3c3cccc1c23)CCC=C6.CC. The molecule has 6 aromatic rings. The summed E-state index contributed by atoms with van der Waals surface area (Å²) in [5, 5.41) is 24.2. The number of allylic oxidation sites excluding steroid dienone is 4. The van der Waals surface area contributed by atoms with E-state index in [0.29, 0.717) is 5.75 Å². The van der Waals surface area contributed by atoms with E-state index in [1.807, 2.05) is 33.8 Å². The molecule has 1 N–H and O–H groups in total. The molecular weight excluding hydrogens is 556 g/mol. The van der Waals surface area contributed by atoms with Crippen LogP contribution in [0.15, 0.2) is 78.9 Å². The highest BCUT2D eigenvalue weighted by Crippen LogP contribution is 2.49. The number of rotatable bonds is 3. The first kappa shape index (κ1) is 30.9. The van der Waals surface area contributed by atoms with Gasteiger partial charge in [0.2, 0.25) is 0 Å². The summed E-state index contributed by atoms with van der Waals surface area (Å²) in [4.78, 5) is 0. The summed E-state index contributed by atoms with van der Waals surface area (Å²) >= 11 is 0. The van der Waals surface area contributed by atoms with Gasteiger partial charge in [0.25, 0.3) is 0 Å². The molecular formula is C45H42O. The third-order valence-electron chi connectivity index (χ3n) is 9.39. The Morgan fingerprint density at radius 1 is 0.826 bits per heavy atom. The summed E-state index contributed by atoms with van der Waals surface area (Å²) in [6.45, 7) is 12.5. The second-order valence-corrected chi connectivity index (χ2v) is 11.9. The number of hydrogen-bond acceptors (Lipinski definition) is 1. The zero-order valence-corrected chi connectivity index (χ0v) is 27.9. The van der Waals surface area contributed by atoms with Crippen molar-refractivity contribution in [2.45, 2.75) is 60.8 Å². The van der Waals surface area contributed by atoms with Crippen LogP contribution in [0.3, 0.4) is 0 Å². The van der Waals surface area contributed by atoms with Gasteiger partial charge in [0, 0.05) is 16.3 Å². The Labute approximate surface area is 272 Å². The molecule has 0 heterocycles. The van der Waals surface area contributed by atoms with Crippen LogP contribution in [0.4, 0.5) is 0 Å². The van der Waals surface area contributed by atoms with Crippen molar-refractivity contribution in [3.05, 3.63) is 118 Å². The summed E-state index contributed by atoms with van der Waals surface area (Å²) in [6.07, 6.45) is 24.0. The lowest BCUT2D eigenvalue weighted by Gasteiger charge is -2.13. The van der Waals surface area contributed by atoms with Gasteiger partial charge in [-0.15, -0.1) is 6.42 Å². The largest absolute Gasteiger partial charge is 0.507 e. The predicted molar refractivity (Wildman–Crippen MR) is 204 cm³/mol. The number of fused-ring (bicyclic) bond motifs is 6. The third kappa shape index (κ3) is 4.81. The number of aromatic hydroxyl groups is 1. The first-order chi connectivity index (χ1) is 22.5. The Kier molecular flexibility index (Phi) is 8.57. The summed E-state index contributed by atoms with van der Waals surface area (Å²) in [5.41, 5.74) is 7.04. The number of phenols is 1. The van der Waals surface area contributed by atoms with Crippen molar-refractivity contribution in [1.82, 2.24) is 0 Å². The van der Waals surface area contributed by atoms with Crippen molar-refractivity contribution < 1.29 is 5.11 Å². The van der Waals surface area contributed by atoms with Gasteiger partial charge in [0.1, 0.15) is 5.75 Å². The van der Waals surface area contributed by atoms with Crippen LogP contribution in [-0.4, -0.2) is 5.11 Å². The van der Waals surface area contributed by atoms with Crippen LogP contribution in [0.2, 0.25) is 0 Å². The maximum atomic E-state index is 12.3. The van der Waals surface area contributed by atoms with E-state index in [0.717, 1.165) is 84.1 Å². The molecule has 0 aliphatic heterocycles. The first-order valence-corrected chi connectivity index (χ1v) is 16.7. The molecule has 0 saturated carbocycles. The molecule has 0 aromatic heterocycles. The van der Waals surface area contributed by atoms with Gasteiger partial charge < -0.3 is 5.11 Å². The Hall–Kier alpha value is -5.06. The van der Waals surface area contributed by atoms with Gasteiger partial charge in [0.15, 0.2) is 0 Å². The van der Waals surface area contributed by atoms with E-state index in [-0.39, 0.29) is 0 Å². The van der Waals surface area contributed by atoms with Crippen molar-refractivity contribution in [2.24, 2.45) is 0 Å². The maximum absolute atomic E-state index is 12.3. The van der Waals surface area contributed by atoms with Gasteiger partial charge in [-0.2, -0.15) is 0 Å².